The molecule has 1 saturated carbocycles. The van der Waals surface area contributed by atoms with Crippen molar-refractivity contribution in [2.45, 2.75) is 64.0 Å². The molecule has 0 spiro atoms. The van der Waals surface area contributed by atoms with Crippen LogP contribution < -0.4 is 15.2 Å². The maximum Gasteiger partial charge on any atom is 0.0342 e. The molecule has 112 valence electrons. The third-order valence-corrected chi connectivity index (χ3v) is 4.55. The minimum Gasteiger partial charge on any atom is -0.382 e. The van der Waals surface area contributed by atoms with Crippen LogP contribution >= 0.6 is 12.1 Å². The molecule has 4 N–H and O–H groups in total. The largest absolute Gasteiger partial charge is 0.382 e. The lowest BCUT2D eigenvalue weighted by Crippen LogP contribution is -2.34. The summed E-state index contributed by atoms with van der Waals surface area (Å²) in [6, 6.07) is 10.1. The van der Waals surface area contributed by atoms with Gasteiger partial charge in [-0.15, -0.1) is 0 Å². The Labute approximate surface area is 127 Å². The predicted octanol–water partition coefficient (Wildman–Crippen LogP) is 3.82. The second-order valence-corrected chi connectivity index (χ2v) is 7.23. The van der Waals surface area contributed by atoms with Crippen LogP contribution in [0.25, 0.3) is 0 Å². The molecule has 20 heavy (non-hydrogen) atoms. The Kier molecular flexibility index (Phi) is 5.35. The van der Waals surface area contributed by atoms with Crippen LogP contribution in [-0.4, -0.2) is 12.1 Å². The van der Waals surface area contributed by atoms with Crippen LogP contribution in [0.4, 0.5) is 5.69 Å². The first-order valence-corrected chi connectivity index (χ1v) is 8.35. The van der Waals surface area contributed by atoms with Gasteiger partial charge in [0.15, 0.2) is 0 Å². The van der Waals surface area contributed by atoms with Crippen molar-refractivity contribution in [1.29, 1.82) is 0 Å². The van der Waals surface area contributed by atoms with Gasteiger partial charge in [0.25, 0.3) is 0 Å². The lowest BCUT2D eigenvalue weighted by atomic mass is 9.87. The Morgan fingerprint density at radius 3 is 2.05 bits per heavy atom. The van der Waals surface area contributed by atoms with Gasteiger partial charge in [0.05, 0.1) is 0 Å². The van der Waals surface area contributed by atoms with Gasteiger partial charge in [-0.25, -0.2) is 4.72 Å². The number of benzene rings is 1. The van der Waals surface area contributed by atoms with Crippen LogP contribution in [0.2, 0.25) is 0 Å². The molecule has 0 radical (unpaired) electrons. The number of hydrogen-bond donors (Lipinski definition) is 3. The highest BCUT2D eigenvalue weighted by Crippen LogP contribution is 2.26. The zero-order valence-electron chi connectivity index (χ0n) is 12.8. The van der Waals surface area contributed by atoms with Crippen molar-refractivity contribution in [3.05, 3.63) is 29.8 Å². The number of nitrogens with one attached hydrogen (secondary N) is 2. The van der Waals surface area contributed by atoms with Gasteiger partial charge >= 0.3 is 0 Å². The zero-order valence-corrected chi connectivity index (χ0v) is 13.6. The highest BCUT2D eigenvalue weighted by Gasteiger charge is 2.20. The summed E-state index contributed by atoms with van der Waals surface area (Å²) in [6.07, 6.45) is 4.81. The molecule has 0 amide bonds. The molecular weight excluding hydrogens is 266 g/mol. The average Bonchev–Trinajstić information content (AvgIpc) is 2.41. The second-order valence-electron chi connectivity index (χ2n) is 6.76. The summed E-state index contributed by atoms with van der Waals surface area (Å²) in [5.74, 6) is 0. The van der Waals surface area contributed by atoms with Crippen molar-refractivity contribution in [2.24, 2.45) is 5.14 Å². The Hall–Kier alpha value is -0.710. The molecular formula is C16H27N3S. The van der Waals surface area contributed by atoms with Gasteiger partial charge in [-0.3, -0.25) is 5.14 Å². The Bertz CT molecular complexity index is 403. The molecule has 0 heterocycles. The Balaban J connectivity index is 1.85. The van der Waals surface area contributed by atoms with Crippen molar-refractivity contribution in [3.63, 3.8) is 0 Å². The fourth-order valence-corrected chi connectivity index (χ4v) is 3.18. The van der Waals surface area contributed by atoms with E-state index in [0.29, 0.717) is 12.1 Å². The molecule has 4 heteroatoms. The van der Waals surface area contributed by atoms with Gasteiger partial charge in [-0.05, 0) is 48.8 Å². The molecule has 0 aromatic heterocycles. The van der Waals surface area contributed by atoms with E-state index in [1.54, 1.807) is 0 Å². The number of rotatable bonds is 4. The van der Waals surface area contributed by atoms with E-state index in [0.717, 1.165) is 0 Å². The van der Waals surface area contributed by atoms with Crippen LogP contribution in [0.3, 0.4) is 0 Å². The van der Waals surface area contributed by atoms with E-state index < -0.39 is 0 Å². The van der Waals surface area contributed by atoms with Gasteiger partial charge in [0.2, 0.25) is 0 Å². The normalized spacial score (nSPS) is 23.6. The topological polar surface area (TPSA) is 50.1 Å². The van der Waals surface area contributed by atoms with E-state index >= 15 is 0 Å². The molecule has 1 aromatic carbocycles. The van der Waals surface area contributed by atoms with Crippen LogP contribution in [0, 0.1) is 0 Å². The van der Waals surface area contributed by atoms with Gasteiger partial charge < -0.3 is 5.32 Å². The SMILES string of the molecule is CC(C)(C)c1ccc(NC2CCC(NSN)CC2)cc1. The highest BCUT2D eigenvalue weighted by molar-refractivity contribution is 7.95. The maximum absolute atomic E-state index is 5.46. The summed E-state index contributed by atoms with van der Waals surface area (Å²) in [5, 5.41) is 9.11. The van der Waals surface area contributed by atoms with Gasteiger partial charge in [0, 0.05) is 29.9 Å². The monoisotopic (exact) mass is 293 g/mol. The number of hydrogen-bond acceptors (Lipinski definition) is 4. The first-order valence-electron chi connectivity index (χ1n) is 7.47. The molecule has 3 nitrogen and oxygen atoms in total. The van der Waals surface area contributed by atoms with E-state index in [1.165, 1.54) is 49.1 Å². The Morgan fingerprint density at radius 2 is 1.55 bits per heavy atom. The van der Waals surface area contributed by atoms with Gasteiger partial charge in [0.1, 0.15) is 0 Å². The van der Waals surface area contributed by atoms with E-state index in [1.807, 2.05) is 0 Å². The molecule has 1 aliphatic carbocycles. The summed E-state index contributed by atoms with van der Waals surface area (Å²) in [5.41, 5.74) is 2.85. The van der Waals surface area contributed by atoms with E-state index in [-0.39, 0.29) is 5.41 Å². The Morgan fingerprint density at radius 1 is 1.00 bits per heavy atom. The third-order valence-electron chi connectivity index (χ3n) is 4.08. The minimum atomic E-state index is 0.224. The standard InChI is InChI=1S/C16H27N3S/c1-16(2,3)12-4-6-13(7-5-12)18-14-8-10-15(11-9-14)19-20-17/h4-7,14-15,18-19H,8-11,17H2,1-3H3. The summed E-state index contributed by atoms with van der Waals surface area (Å²) < 4.78 is 3.26. The molecule has 1 fully saturated rings. The zero-order chi connectivity index (χ0) is 14.6. The molecule has 1 aliphatic rings. The molecule has 2 rings (SSSR count). The second kappa shape index (κ2) is 6.83. The van der Waals surface area contributed by atoms with Crippen molar-refractivity contribution < 1.29 is 0 Å². The van der Waals surface area contributed by atoms with E-state index in [2.05, 4.69) is 55.1 Å². The lowest BCUT2D eigenvalue weighted by Gasteiger charge is -2.29. The molecule has 0 atom stereocenters. The molecule has 1 aromatic rings. The van der Waals surface area contributed by atoms with Crippen molar-refractivity contribution in [2.75, 3.05) is 5.32 Å². The van der Waals surface area contributed by atoms with Crippen molar-refractivity contribution in [3.8, 4) is 0 Å². The quantitative estimate of drug-likeness (QED) is 0.739. The third kappa shape index (κ3) is 4.40. The first-order chi connectivity index (χ1) is 9.49. The average molecular weight is 293 g/mol. The van der Waals surface area contributed by atoms with Crippen LogP contribution in [0.1, 0.15) is 52.0 Å². The fourth-order valence-electron chi connectivity index (χ4n) is 2.75. The first kappa shape index (κ1) is 15.7. The fraction of sp³-hybridized carbons (Fsp3) is 0.625. The number of nitrogens with two attached hydrogens (primary N) is 1. The van der Waals surface area contributed by atoms with Gasteiger partial charge in [-0.2, -0.15) is 0 Å². The minimum absolute atomic E-state index is 0.224. The number of anilines is 1. The molecule has 0 saturated heterocycles. The summed E-state index contributed by atoms with van der Waals surface area (Å²) in [6.45, 7) is 6.75. The maximum atomic E-state index is 5.46. The molecule has 0 bridgehead atoms. The molecule has 0 unspecified atom stereocenters. The summed E-state index contributed by atoms with van der Waals surface area (Å²) in [7, 11) is 0. The van der Waals surface area contributed by atoms with Gasteiger partial charge in [-0.1, -0.05) is 32.9 Å². The molecule has 0 aliphatic heterocycles. The van der Waals surface area contributed by atoms with E-state index in [4.69, 9.17) is 5.14 Å². The highest BCUT2D eigenvalue weighted by atomic mass is 32.2. The van der Waals surface area contributed by atoms with E-state index in [9.17, 15) is 0 Å². The van der Waals surface area contributed by atoms with Crippen LogP contribution in [0.5, 0.6) is 0 Å². The van der Waals surface area contributed by atoms with Crippen LogP contribution in [-0.2, 0) is 5.41 Å². The lowest BCUT2D eigenvalue weighted by molar-refractivity contribution is 0.396. The smallest absolute Gasteiger partial charge is 0.0342 e. The van der Waals surface area contributed by atoms with Crippen molar-refractivity contribution >= 4 is 17.8 Å². The van der Waals surface area contributed by atoms with Crippen molar-refractivity contribution in [1.82, 2.24) is 4.72 Å². The summed E-state index contributed by atoms with van der Waals surface area (Å²) in [4.78, 5) is 0. The predicted molar refractivity (Wildman–Crippen MR) is 89.7 cm³/mol. The van der Waals surface area contributed by atoms with Crippen LogP contribution in [0.15, 0.2) is 24.3 Å². The summed E-state index contributed by atoms with van der Waals surface area (Å²) >= 11 is 1.25.